The second kappa shape index (κ2) is 5.10. The van der Waals surface area contributed by atoms with E-state index < -0.39 is 23.5 Å². The van der Waals surface area contributed by atoms with Crippen LogP contribution in [0.5, 0.6) is 0 Å². The summed E-state index contributed by atoms with van der Waals surface area (Å²) in [7, 11) is 1.51. The fourth-order valence-corrected chi connectivity index (χ4v) is 2.59. The number of methoxy groups -OCH3 is 1. The van der Waals surface area contributed by atoms with E-state index in [0.29, 0.717) is 6.42 Å². The van der Waals surface area contributed by atoms with Gasteiger partial charge in [0.2, 0.25) is 5.95 Å². The first-order chi connectivity index (χ1) is 10.5. The third-order valence-corrected chi connectivity index (χ3v) is 3.74. The molecule has 116 valence electrons. The van der Waals surface area contributed by atoms with Crippen molar-refractivity contribution in [3.05, 3.63) is 16.7 Å². The van der Waals surface area contributed by atoms with E-state index in [1.54, 1.807) is 0 Å². The lowest BCUT2D eigenvalue weighted by molar-refractivity contribution is -0.0844. The van der Waals surface area contributed by atoms with Crippen molar-refractivity contribution in [3.8, 4) is 12.3 Å². The van der Waals surface area contributed by atoms with Crippen LogP contribution in [-0.4, -0.2) is 50.0 Å². The minimum atomic E-state index is -1.14. The maximum atomic E-state index is 11.8. The van der Waals surface area contributed by atoms with Gasteiger partial charge in [0, 0.05) is 13.5 Å². The summed E-state index contributed by atoms with van der Waals surface area (Å²) in [4.78, 5) is 22.3. The van der Waals surface area contributed by atoms with E-state index in [9.17, 15) is 9.90 Å². The van der Waals surface area contributed by atoms with E-state index in [-0.39, 0.29) is 23.7 Å². The first-order valence-corrected chi connectivity index (χ1v) is 6.55. The monoisotopic (exact) mass is 305 g/mol. The number of aromatic nitrogens is 4. The molecule has 3 heterocycles. The second-order valence-electron chi connectivity index (χ2n) is 5.06. The number of nitrogens with two attached hydrogens (primary N) is 1. The van der Waals surface area contributed by atoms with Crippen molar-refractivity contribution in [2.45, 2.75) is 24.4 Å². The molecule has 0 amide bonds. The molecule has 0 aromatic carbocycles. The molecule has 4 N–H and O–H groups in total. The van der Waals surface area contributed by atoms with Crippen LogP contribution in [0, 0.1) is 12.3 Å². The number of anilines is 1. The summed E-state index contributed by atoms with van der Waals surface area (Å²) in [6.45, 7) is -0.345. The molecule has 0 radical (unpaired) electrons. The number of nitrogens with one attached hydrogen (secondary N) is 1. The summed E-state index contributed by atoms with van der Waals surface area (Å²) < 4.78 is 12.7. The van der Waals surface area contributed by atoms with E-state index in [1.807, 2.05) is 0 Å². The van der Waals surface area contributed by atoms with Gasteiger partial charge in [-0.15, -0.1) is 6.42 Å². The molecule has 0 spiro atoms. The van der Waals surface area contributed by atoms with Gasteiger partial charge < -0.3 is 20.3 Å². The Balaban J connectivity index is 2.11. The van der Waals surface area contributed by atoms with Gasteiger partial charge in [0.05, 0.1) is 12.9 Å². The number of terminal acetylenes is 1. The van der Waals surface area contributed by atoms with Gasteiger partial charge in [-0.05, 0) is 0 Å². The Labute approximate surface area is 125 Å². The number of fused-ring (bicyclic) bond motifs is 1. The highest BCUT2D eigenvalue weighted by atomic mass is 16.6. The second-order valence-corrected chi connectivity index (χ2v) is 5.06. The number of nitrogen functional groups attached to an aromatic ring is 1. The van der Waals surface area contributed by atoms with E-state index in [1.165, 1.54) is 18.0 Å². The van der Waals surface area contributed by atoms with Gasteiger partial charge in [0.25, 0.3) is 5.56 Å². The van der Waals surface area contributed by atoms with Crippen LogP contribution in [0.3, 0.4) is 0 Å². The summed E-state index contributed by atoms with van der Waals surface area (Å²) >= 11 is 0. The highest BCUT2D eigenvalue weighted by Gasteiger charge is 2.47. The normalized spacial score (nSPS) is 28.0. The third kappa shape index (κ3) is 2.05. The predicted molar refractivity (Wildman–Crippen MR) is 76.7 cm³/mol. The standard InChI is InChI=1S/C13H15N5O4/c1-3-13(5-19)4-7(21-2)11(22-13)18-6-15-8-9(18)16-12(14)17-10(8)20/h1,6-7,11,19H,4-5H2,2H3,(H3,14,16,17,20)/t7-,11-,13+/m1/s1. The van der Waals surface area contributed by atoms with Crippen LogP contribution in [0.4, 0.5) is 5.95 Å². The van der Waals surface area contributed by atoms with Gasteiger partial charge in [-0.25, -0.2) is 4.98 Å². The molecule has 1 saturated heterocycles. The molecule has 3 rings (SSSR count). The summed E-state index contributed by atoms with van der Waals surface area (Å²) in [6, 6.07) is 0. The van der Waals surface area contributed by atoms with Crippen molar-refractivity contribution < 1.29 is 14.6 Å². The zero-order valence-electron chi connectivity index (χ0n) is 11.8. The number of hydrogen-bond donors (Lipinski definition) is 3. The maximum absolute atomic E-state index is 11.8. The van der Waals surface area contributed by atoms with Crippen LogP contribution in [0.2, 0.25) is 0 Å². The molecule has 0 bridgehead atoms. The Morgan fingerprint density at radius 3 is 3.18 bits per heavy atom. The lowest BCUT2D eigenvalue weighted by Gasteiger charge is -2.21. The number of nitrogens with zero attached hydrogens (tertiary/aromatic N) is 3. The average Bonchev–Trinajstić information content (AvgIpc) is 3.08. The molecule has 2 aromatic rings. The lowest BCUT2D eigenvalue weighted by Crippen LogP contribution is -2.31. The Hall–Kier alpha value is -2.41. The molecule has 22 heavy (non-hydrogen) atoms. The molecule has 9 nitrogen and oxygen atoms in total. The Bertz CT molecular complexity index is 807. The van der Waals surface area contributed by atoms with Crippen molar-refractivity contribution in [2.75, 3.05) is 19.5 Å². The molecular weight excluding hydrogens is 290 g/mol. The van der Waals surface area contributed by atoms with Crippen molar-refractivity contribution in [1.82, 2.24) is 19.5 Å². The van der Waals surface area contributed by atoms with Gasteiger partial charge in [-0.3, -0.25) is 14.3 Å². The van der Waals surface area contributed by atoms with Gasteiger partial charge in [0.15, 0.2) is 23.0 Å². The number of imidazole rings is 1. The Morgan fingerprint density at radius 1 is 1.77 bits per heavy atom. The summed E-state index contributed by atoms with van der Waals surface area (Å²) in [5, 5.41) is 9.51. The quantitative estimate of drug-likeness (QED) is 0.620. The first-order valence-electron chi connectivity index (χ1n) is 6.55. The summed E-state index contributed by atoms with van der Waals surface area (Å²) in [5.74, 6) is 2.42. The van der Waals surface area contributed by atoms with E-state index in [0.717, 1.165) is 0 Å². The van der Waals surface area contributed by atoms with Gasteiger partial charge in [-0.1, -0.05) is 5.92 Å². The number of H-pyrrole nitrogens is 1. The largest absolute Gasteiger partial charge is 0.392 e. The fraction of sp³-hybridized carbons (Fsp3) is 0.462. The molecule has 0 saturated carbocycles. The number of aliphatic hydroxyl groups excluding tert-OH is 1. The number of aliphatic hydroxyl groups is 1. The molecule has 1 aliphatic heterocycles. The molecule has 9 heteroatoms. The van der Waals surface area contributed by atoms with E-state index in [4.69, 9.17) is 21.6 Å². The SMILES string of the molecule is C#C[C@@]1(CO)C[C@@H](OC)[C@H](n2cnc3c(=O)[nH]c(N)nc32)O1. The first kappa shape index (κ1) is 14.5. The number of aromatic amines is 1. The number of hydrogen-bond acceptors (Lipinski definition) is 7. The fourth-order valence-electron chi connectivity index (χ4n) is 2.59. The van der Waals surface area contributed by atoms with Crippen molar-refractivity contribution in [3.63, 3.8) is 0 Å². The smallest absolute Gasteiger partial charge is 0.280 e. The Morgan fingerprint density at radius 2 is 2.55 bits per heavy atom. The summed E-state index contributed by atoms with van der Waals surface area (Å²) in [6.07, 6.45) is 6.08. The zero-order chi connectivity index (χ0) is 15.9. The van der Waals surface area contributed by atoms with E-state index in [2.05, 4.69) is 20.9 Å². The molecular formula is C13H15N5O4. The van der Waals surface area contributed by atoms with Crippen molar-refractivity contribution in [1.29, 1.82) is 0 Å². The molecule has 0 unspecified atom stereocenters. The lowest BCUT2D eigenvalue weighted by atomic mass is 10.0. The van der Waals surface area contributed by atoms with Crippen LogP contribution in [-0.2, 0) is 9.47 Å². The zero-order valence-corrected chi connectivity index (χ0v) is 11.8. The minimum Gasteiger partial charge on any atom is -0.392 e. The van der Waals surface area contributed by atoms with Crippen LogP contribution >= 0.6 is 0 Å². The number of ether oxygens (including phenoxy) is 2. The average molecular weight is 305 g/mol. The predicted octanol–water partition coefficient (Wildman–Crippen LogP) is -1.000. The van der Waals surface area contributed by atoms with Gasteiger partial charge >= 0.3 is 0 Å². The summed E-state index contributed by atoms with van der Waals surface area (Å²) in [5.41, 5.74) is 4.38. The van der Waals surface area contributed by atoms with Crippen molar-refractivity contribution in [2.24, 2.45) is 0 Å². The van der Waals surface area contributed by atoms with Crippen LogP contribution in [0.25, 0.3) is 11.2 Å². The minimum absolute atomic E-state index is 0.0309. The molecule has 1 aliphatic rings. The highest BCUT2D eigenvalue weighted by Crippen LogP contribution is 2.38. The Kier molecular flexibility index (Phi) is 3.37. The third-order valence-electron chi connectivity index (χ3n) is 3.74. The van der Waals surface area contributed by atoms with Crippen molar-refractivity contribution >= 4 is 17.1 Å². The molecule has 2 aromatic heterocycles. The number of rotatable bonds is 3. The van der Waals surface area contributed by atoms with Gasteiger partial charge in [0.1, 0.15) is 6.10 Å². The highest BCUT2D eigenvalue weighted by molar-refractivity contribution is 5.70. The van der Waals surface area contributed by atoms with E-state index >= 15 is 0 Å². The maximum Gasteiger partial charge on any atom is 0.280 e. The molecule has 3 atom stereocenters. The topological polar surface area (TPSA) is 128 Å². The van der Waals surface area contributed by atoms with Gasteiger partial charge in [-0.2, -0.15) is 4.98 Å². The van der Waals surface area contributed by atoms with Crippen LogP contribution < -0.4 is 11.3 Å². The van der Waals surface area contributed by atoms with Crippen LogP contribution in [0.1, 0.15) is 12.6 Å². The molecule has 1 fully saturated rings. The molecule has 0 aliphatic carbocycles. The van der Waals surface area contributed by atoms with Crippen LogP contribution in [0.15, 0.2) is 11.1 Å².